The number of ether oxygens (including phenoxy) is 1. The molecule has 0 saturated carbocycles. The monoisotopic (exact) mass is 330 g/mol. The lowest BCUT2D eigenvalue weighted by atomic mass is 10.1. The first-order chi connectivity index (χ1) is 11.5. The molecule has 1 amide bonds. The molecule has 0 aliphatic rings. The number of nitrogens with one attached hydrogen (secondary N) is 2. The Labute approximate surface area is 142 Å². The first kappa shape index (κ1) is 17.8. The molecule has 0 radical (unpaired) electrons. The molecule has 0 aliphatic carbocycles. The minimum Gasteiger partial charge on any atom is -0.489 e. The van der Waals surface area contributed by atoms with Gasteiger partial charge in [-0.1, -0.05) is 24.3 Å². The van der Waals surface area contributed by atoms with Gasteiger partial charge in [0.05, 0.1) is 6.42 Å². The molecule has 0 bridgehead atoms. The molecule has 5 heteroatoms. The number of anilines is 1. The van der Waals surface area contributed by atoms with Crippen molar-refractivity contribution in [3.63, 3.8) is 0 Å². The van der Waals surface area contributed by atoms with Crippen LogP contribution in [0.15, 0.2) is 48.5 Å². The van der Waals surface area contributed by atoms with Crippen LogP contribution in [0.4, 0.5) is 10.1 Å². The SMILES string of the molecule is CC(C)NC(=O)Cc1ccc(NCCOc2ccccc2F)cc1. The zero-order valence-corrected chi connectivity index (χ0v) is 14.0. The summed E-state index contributed by atoms with van der Waals surface area (Å²) in [5.41, 5.74) is 1.89. The summed E-state index contributed by atoms with van der Waals surface area (Å²) >= 11 is 0. The van der Waals surface area contributed by atoms with E-state index in [0.717, 1.165) is 11.3 Å². The number of halogens is 1. The molecule has 2 aromatic rings. The number of benzene rings is 2. The fourth-order valence-electron chi connectivity index (χ4n) is 2.22. The van der Waals surface area contributed by atoms with E-state index in [4.69, 9.17) is 4.74 Å². The predicted octanol–water partition coefficient (Wildman–Crippen LogP) is 3.38. The van der Waals surface area contributed by atoms with E-state index in [1.54, 1.807) is 18.2 Å². The number of carbonyl (C=O) groups excluding carboxylic acids is 1. The fourth-order valence-corrected chi connectivity index (χ4v) is 2.22. The van der Waals surface area contributed by atoms with Gasteiger partial charge in [0.25, 0.3) is 0 Å². The number of hydrogen-bond acceptors (Lipinski definition) is 3. The Kier molecular flexibility index (Phi) is 6.61. The maximum absolute atomic E-state index is 13.4. The fraction of sp³-hybridized carbons (Fsp3) is 0.316. The summed E-state index contributed by atoms with van der Waals surface area (Å²) in [6.45, 7) is 4.80. The normalized spacial score (nSPS) is 10.5. The average Bonchev–Trinajstić information content (AvgIpc) is 2.54. The van der Waals surface area contributed by atoms with Crippen molar-refractivity contribution >= 4 is 11.6 Å². The van der Waals surface area contributed by atoms with Gasteiger partial charge in [-0.15, -0.1) is 0 Å². The first-order valence-corrected chi connectivity index (χ1v) is 8.04. The number of hydrogen-bond donors (Lipinski definition) is 2. The number of amides is 1. The molecule has 0 spiro atoms. The van der Waals surface area contributed by atoms with E-state index in [1.807, 2.05) is 38.1 Å². The van der Waals surface area contributed by atoms with Crippen molar-refractivity contribution in [3.8, 4) is 5.75 Å². The van der Waals surface area contributed by atoms with Crippen LogP contribution in [0.1, 0.15) is 19.4 Å². The van der Waals surface area contributed by atoms with E-state index >= 15 is 0 Å². The van der Waals surface area contributed by atoms with Crippen LogP contribution in [-0.4, -0.2) is 25.1 Å². The van der Waals surface area contributed by atoms with Gasteiger partial charge >= 0.3 is 0 Å². The van der Waals surface area contributed by atoms with E-state index in [9.17, 15) is 9.18 Å². The topological polar surface area (TPSA) is 50.4 Å². The molecule has 24 heavy (non-hydrogen) atoms. The van der Waals surface area contributed by atoms with E-state index in [-0.39, 0.29) is 23.5 Å². The average molecular weight is 330 g/mol. The highest BCUT2D eigenvalue weighted by Crippen LogP contribution is 2.15. The second-order valence-electron chi connectivity index (χ2n) is 5.80. The molecule has 0 fully saturated rings. The summed E-state index contributed by atoms with van der Waals surface area (Å²) in [4.78, 5) is 11.7. The third-order valence-electron chi connectivity index (χ3n) is 3.29. The van der Waals surface area contributed by atoms with Crippen molar-refractivity contribution in [2.75, 3.05) is 18.5 Å². The molecule has 0 aromatic heterocycles. The van der Waals surface area contributed by atoms with Crippen LogP contribution in [-0.2, 0) is 11.2 Å². The lowest BCUT2D eigenvalue weighted by molar-refractivity contribution is -0.120. The summed E-state index contributed by atoms with van der Waals surface area (Å²) in [7, 11) is 0. The van der Waals surface area contributed by atoms with Crippen LogP contribution in [0.5, 0.6) is 5.75 Å². The van der Waals surface area contributed by atoms with Gasteiger partial charge in [0.1, 0.15) is 6.61 Å². The van der Waals surface area contributed by atoms with Gasteiger partial charge in [0.2, 0.25) is 5.91 Å². The van der Waals surface area contributed by atoms with Crippen LogP contribution in [0.2, 0.25) is 0 Å². The second-order valence-corrected chi connectivity index (χ2v) is 5.80. The third-order valence-corrected chi connectivity index (χ3v) is 3.29. The van der Waals surface area contributed by atoms with Crippen molar-refractivity contribution in [1.29, 1.82) is 0 Å². The Hall–Kier alpha value is -2.56. The Morgan fingerprint density at radius 1 is 1.12 bits per heavy atom. The van der Waals surface area contributed by atoms with E-state index in [1.165, 1.54) is 6.07 Å². The standard InChI is InChI=1S/C19H23FN2O2/c1-14(2)22-19(23)13-15-7-9-16(10-8-15)21-11-12-24-18-6-4-3-5-17(18)20/h3-10,14,21H,11-13H2,1-2H3,(H,22,23). The smallest absolute Gasteiger partial charge is 0.224 e. The maximum atomic E-state index is 13.4. The Bertz CT molecular complexity index is 657. The molecule has 0 heterocycles. The summed E-state index contributed by atoms with van der Waals surface area (Å²) in [6.07, 6.45) is 0.370. The predicted molar refractivity (Wildman–Crippen MR) is 93.8 cm³/mol. The van der Waals surface area contributed by atoms with Crippen LogP contribution in [0, 0.1) is 5.82 Å². The summed E-state index contributed by atoms with van der Waals surface area (Å²) in [5, 5.41) is 6.07. The molecule has 128 valence electrons. The highest BCUT2D eigenvalue weighted by molar-refractivity contribution is 5.78. The van der Waals surface area contributed by atoms with Gasteiger partial charge in [0, 0.05) is 18.3 Å². The molecule has 2 rings (SSSR count). The molecular formula is C19H23FN2O2. The zero-order chi connectivity index (χ0) is 17.4. The Morgan fingerprint density at radius 2 is 1.83 bits per heavy atom. The van der Waals surface area contributed by atoms with Crippen molar-refractivity contribution in [1.82, 2.24) is 5.32 Å². The van der Waals surface area contributed by atoms with Crippen molar-refractivity contribution in [2.24, 2.45) is 0 Å². The van der Waals surface area contributed by atoms with Crippen LogP contribution in [0.3, 0.4) is 0 Å². The van der Waals surface area contributed by atoms with Crippen molar-refractivity contribution < 1.29 is 13.9 Å². The highest BCUT2D eigenvalue weighted by atomic mass is 19.1. The van der Waals surface area contributed by atoms with E-state index < -0.39 is 0 Å². The van der Waals surface area contributed by atoms with Crippen LogP contribution in [0.25, 0.3) is 0 Å². The van der Waals surface area contributed by atoms with Gasteiger partial charge in [0.15, 0.2) is 11.6 Å². The molecule has 0 atom stereocenters. The quantitative estimate of drug-likeness (QED) is 0.730. The lowest BCUT2D eigenvalue weighted by Gasteiger charge is -2.10. The van der Waals surface area contributed by atoms with Gasteiger partial charge < -0.3 is 15.4 Å². The van der Waals surface area contributed by atoms with Gasteiger partial charge in [-0.2, -0.15) is 0 Å². The second kappa shape index (κ2) is 8.91. The molecule has 2 N–H and O–H groups in total. The molecule has 4 nitrogen and oxygen atoms in total. The van der Waals surface area contributed by atoms with Gasteiger partial charge in [-0.25, -0.2) is 4.39 Å². The summed E-state index contributed by atoms with van der Waals surface area (Å²) in [6, 6.07) is 14.2. The number of para-hydroxylation sites is 1. The summed E-state index contributed by atoms with van der Waals surface area (Å²) < 4.78 is 18.8. The first-order valence-electron chi connectivity index (χ1n) is 8.04. The molecule has 0 unspecified atom stereocenters. The maximum Gasteiger partial charge on any atom is 0.224 e. The molecule has 2 aromatic carbocycles. The minimum absolute atomic E-state index is 0.0176. The number of rotatable bonds is 8. The van der Waals surface area contributed by atoms with E-state index in [0.29, 0.717) is 19.6 Å². The molecular weight excluding hydrogens is 307 g/mol. The zero-order valence-electron chi connectivity index (χ0n) is 14.0. The van der Waals surface area contributed by atoms with Crippen LogP contribution >= 0.6 is 0 Å². The molecule has 0 aliphatic heterocycles. The summed E-state index contributed by atoms with van der Waals surface area (Å²) in [5.74, 6) is -0.0867. The van der Waals surface area contributed by atoms with Gasteiger partial charge in [-0.05, 0) is 43.7 Å². The van der Waals surface area contributed by atoms with Crippen molar-refractivity contribution in [2.45, 2.75) is 26.3 Å². The third kappa shape index (κ3) is 5.91. The number of carbonyl (C=O) groups is 1. The van der Waals surface area contributed by atoms with Crippen LogP contribution < -0.4 is 15.4 Å². The highest BCUT2D eigenvalue weighted by Gasteiger charge is 2.05. The largest absolute Gasteiger partial charge is 0.489 e. The molecule has 0 saturated heterocycles. The Balaban J connectivity index is 1.74. The van der Waals surface area contributed by atoms with Crippen molar-refractivity contribution in [3.05, 3.63) is 59.9 Å². The minimum atomic E-state index is -0.360. The van der Waals surface area contributed by atoms with E-state index in [2.05, 4.69) is 10.6 Å². The Morgan fingerprint density at radius 3 is 2.50 bits per heavy atom. The lowest BCUT2D eigenvalue weighted by Crippen LogP contribution is -2.31. The van der Waals surface area contributed by atoms with Gasteiger partial charge in [-0.3, -0.25) is 4.79 Å².